The van der Waals surface area contributed by atoms with Crippen LogP contribution >= 0.6 is 0 Å². The molecule has 1 atom stereocenters. The molecule has 5 N–H and O–H groups in total. The number of amides is 1. The molecule has 24 heavy (non-hydrogen) atoms. The third-order valence-corrected chi connectivity index (χ3v) is 3.59. The minimum absolute atomic E-state index is 0.0527. The van der Waals surface area contributed by atoms with Crippen molar-refractivity contribution in [3.8, 4) is 0 Å². The molecule has 1 aromatic heterocycles. The number of aliphatic carboxylic acids is 1. The fourth-order valence-electron chi connectivity index (χ4n) is 2.26. The number of hydrogen-bond acceptors (Lipinski definition) is 4. The van der Waals surface area contributed by atoms with Gasteiger partial charge in [-0.1, -0.05) is 24.3 Å². The number of hydrogen-bond donors (Lipinski definition) is 4. The molecule has 0 saturated carbocycles. The van der Waals surface area contributed by atoms with Crippen molar-refractivity contribution >= 4 is 17.6 Å². The number of carbonyl (C=O) groups excluding carboxylic acids is 1. The van der Waals surface area contributed by atoms with Gasteiger partial charge in [-0.15, -0.1) is 0 Å². The predicted molar refractivity (Wildman–Crippen MR) is 89.9 cm³/mol. The van der Waals surface area contributed by atoms with Crippen molar-refractivity contribution in [3.05, 3.63) is 63.6 Å². The molecule has 2 aromatic rings. The molecule has 1 heterocycles. The Kier molecular flexibility index (Phi) is 5.49. The Morgan fingerprint density at radius 3 is 2.42 bits per heavy atom. The van der Waals surface area contributed by atoms with Gasteiger partial charge in [-0.2, -0.15) is 0 Å². The van der Waals surface area contributed by atoms with Gasteiger partial charge >= 0.3 is 5.97 Å². The summed E-state index contributed by atoms with van der Waals surface area (Å²) >= 11 is 0. The molecule has 0 unspecified atom stereocenters. The first-order chi connectivity index (χ1) is 11.4. The van der Waals surface area contributed by atoms with Crippen LogP contribution < -0.4 is 16.6 Å². The van der Waals surface area contributed by atoms with E-state index in [2.05, 4.69) is 10.3 Å². The maximum absolute atomic E-state index is 12.2. The minimum atomic E-state index is -0.901. The van der Waals surface area contributed by atoms with Crippen molar-refractivity contribution in [1.82, 2.24) is 4.98 Å². The van der Waals surface area contributed by atoms with Crippen molar-refractivity contribution in [1.29, 1.82) is 0 Å². The first-order valence-electron chi connectivity index (χ1n) is 7.41. The Morgan fingerprint density at radius 2 is 1.83 bits per heavy atom. The van der Waals surface area contributed by atoms with E-state index in [4.69, 9.17) is 10.8 Å². The van der Waals surface area contributed by atoms with Gasteiger partial charge in [-0.25, -0.2) is 0 Å². The first kappa shape index (κ1) is 17.4. The number of H-pyrrole nitrogens is 1. The van der Waals surface area contributed by atoms with Gasteiger partial charge in [-0.05, 0) is 36.1 Å². The number of carbonyl (C=O) groups is 2. The maximum atomic E-state index is 12.2. The second-order valence-electron chi connectivity index (χ2n) is 5.55. The van der Waals surface area contributed by atoms with Crippen LogP contribution in [0, 0.1) is 6.92 Å². The lowest BCUT2D eigenvalue weighted by atomic mass is 10.0. The maximum Gasteiger partial charge on any atom is 0.307 e. The number of rotatable bonds is 6. The van der Waals surface area contributed by atoms with E-state index in [1.165, 1.54) is 6.20 Å². The number of nitrogens with one attached hydrogen (secondary N) is 2. The predicted octanol–water partition coefficient (Wildman–Crippen LogP) is 0.819. The molecular formula is C17H19N3O4. The molecule has 2 rings (SSSR count). The highest BCUT2D eigenvalue weighted by atomic mass is 16.4. The van der Waals surface area contributed by atoms with Crippen LogP contribution in [0.15, 0.2) is 41.3 Å². The number of pyridine rings is 1. The highest BCUT2D eigenvalue weighted by molar-refractivity contribution is 5.95. The third kappa shape index (κ3) is 4.53. The Hall–Kier alpha value is -2.93. The molecule has 0 bridgehead atoms. The summed E-state index contributed by atoms with van der Waals surface area (Å²) in [6, 6.07) is 7.73. The van der Waals surface area contributed by atoms with E-state index in [0.717, 1.165) is 5.56 Å². The monoisotopic (exact) mass is 329 g/mol. The van der Waals surface area contributed by atoms with Gasteiger partial charge in [-0.3, -0.25) is 14.4 Å². The summed E-state index contributed by atoms with van der Waals surface area (Å²) in [7, 11) is 0. The second kappa shape index (κ2) is 7.56. The number of aryl methyl sites for hydroxylation is 1. The lowest BCUT2D eigenvalue weighted by molar-refractivity contribution is -0.136. The van der Waals surface area contributed by atoms with Gasteiger partial charge in [0.1, 0.15) is 5.69 Å². The molecular weight excluding hydrogens is 310 g/mol. The topological polar surface area (TPSA) is 125 Å². The quantitative estimate of drug-likeness (QED) is 0.624. The molecule has 0 spiro atoms. The van der Waals surface area contributed by atoms with Gasteiger partial charge in [0.2, 0.25) is 5.91 Å². The van der Waals surface area contributed by atoms with E-state index >= 15 is 0 Å². The summed E-state index contributed by atoms with van der Waals surface area (Å²) in [5, 5.41) is 11.3. The molecule has 1 amide bonds. The number of carboxylic acid groups (broad SMARTS) is 1. The van der Waals surface area contributed by atoms with E-state index in [1.807, 2.05) is 0 Å². The average Bonchev–Trinajstić information content (AvgIpc) is 2.52. The molecule has 7 heteroatoms. The van der Waals surface area contributed by atoms with E-state index < -0.39 is 17.9 Å². The molecule has 7 nitrogen and oxygen atoms in total. The molecule has 1 aromatic carbocycles. The second-order valence-corrected chi connectivity index (χ2v) is 5.55. The molecule has 0 aliphatic carbocycles. The summed E-state index contributed by atoms with van der Waals surface area (Å²) in [5.74, 6) is -1.35. The normalized spacial score (nSPS) is 11.8. The number of anilines is 1. The van der Waals surface area contributed by atoms with Crippen LogP contribution in [0.5, 0.6) is 0 Å². The van der Waals surface area contributed by atoms with E-state index in [9.17, 15) is 14.4 Å². The van der Waals surface area contributed by atoms with Crippen molar-refractivity contribution in [2.24, 2.45) is 5.73 Å². The van der Waals surface area contributed by atoms with E-state index in [1.54, 1.807) is 37.3 Å². The van der Waals surface area contributed by atoms with Crippen LogP contribution in [0.25, 0.3) is 0 Å². The number of aromatic amines is 1. The van der Waals surface area contributed by atoms with Gasteiger partial charge < -0.3 is 21.1 Å². The van der Waals surface area contributed by atoms with Gasteiger partial charge in [0, 0.05) is 6.20 Å². The molecule has 0 aliphatic rings. The zero-order valence-corrected chi connectivity index (χ0v) is 13.2. The largest absolute Gasteiger partial charge is 0.481 e. The van der Waals surface area contributed by atoms with Crippen LogP contribution in [-0.4, -0.2) is 28.0 Å². The lowest BCUT2D eigenvalue weighted by Crippen LogP contribution is -2.38. The van der Waals surface area contributed by atoms with Crippen LogP contribution in [0.2, 0.25) is 0 Å². The summed E-state index contributed by atoms with van der Waals surface area (Å²) in [6.07, 6.45) is 1.73. The van der Waals surface area contributed by atoms with E-state index in [-0.39, 0.29) is 24.1 Å². The first-order valence-corrected chi connectivity index (χ1v) is 7.41. The Morgan fingerprint density at radius 1 is 1.21 bits per heavy atom. The standard InChI is InChI=1S/C17H19N3O4/c1-10-6-7-19-17(24)15(10)20-16(23)13(18)8-11-2-4-12(5-3-11)9-14(21)22/h2-7,13H,8-9,18H2,1H3,(H,19,24)(H,20,23)(H,21,22)/t13-/m0/s1. The van der Waals surface area contributed by atoms with Crippen LogP contribution in [0.1, 0.15) is 16.7 Å². The SMILES string of the molecule is Cc1cc[nH]c(=O)c1NC(=O)[C@@H](N)Cc1ccc(CC(=O)O)cc1. The van der Waals surface area contributed by atoms with Crippen molar-refractivity contribution in [3.63, 3.8) is 0 Å². The molecule has 126 valence electrons. The summed E-state index contributed by atoms with van der Waals surface area (Å²) in [5.41, 5.74) is 7.84. The summed E-state index contributed by atoms with van der Waals surface area (Å²) in [6.45, 7) is 1.72. The van der Waals surface area contributed by atoms with Crippen LogP contribution in [-0.2, 0) is 22.4 Å². The highest BCUT2D eigenvalue weighted by Crippen LogP contribution is 2.10. The fourth-order valence-corrected chi connectivity index (χ4v) is 2.26. The molecule has 0 aliphatic heterocycles. The zero-order chi connectivity index (χ0) is 17.7. The van der Waals surface area contributed by atoms with Crippen LogP contribution in [0.3, 0.4) is 0 Å². The lowest BCUT2D eigenvalue weighted by Gasteiger charge is -2.13. The number of aromatic nitrogens is 1. The van der Waals surface area contributed by atoms with Gasteiger partial charge in [0.05, 0.1) is 12.5 Å². The summed E-state index contributed by atoms with van der Waals surface area (Å²) < 4.78 is 0. The fraction of sp³-hybridized carbons (Fsp3) is 0.235. The number of carboxylic acids is 1. The molecule has 0 saturated heterocycles. The summed E-state index contributed by atoms with van der Waals surface area (Å²) in [4.78, 5) is 37.0. The number of benzene rings is 1. The third-order valence-electron chi connectivity index (χ3n) is 3.59. The van der Waals surface area contributed by atoms with Gasteiger partial charge in [0.15, 0.2) is 0 Å². The Balaban J connectivity index is 2.01. The van der Waals surface area contributed by atoms with Crippen molar-refractivity contribution in [2.75, 3.05) is 5.32 Å². The Bertz CT molecular complexity index is 796. The minimum Gasteiger partial charge on any atom is -0.481 e. The van der Waals surface area contributed by atoms with E-state index in [0.29, 0.717) is 11.1 Å². The molecule has 0 radical (unpaired) electrons. The zero-order valence-electron chi connectivity index (χ0n) is 13.2. The smallest absolute Gasteiger partial charge is 0.307 e. The van der Waals surface area contributed by atoms with Crippen molar-refractivity contribution < 1.29 is 14.7 Å². The van der Waals surface area contributed by atoms with Crippen molar-refractivity contribution in [2.45, 2.75) is 25.8 Å². The average molecular weight is 329 g/mol. The van der Waals surface area contributed by atoms with Crippen LogP contribution in [0.4, 0.5) is 5.69 Å². The Labute approximate surface area is 138 Å². The van der Waals surface area contributed by atoms with Gasteiger partial charge in [0.25, 0.3) is 5.56 Å². The number of nitrogens with two attached hydrogens (primary N) is 1. The molecule has 0 fully saturated rings. The highest BCUT2D eigenvalue weighted by Gasteiger charge is 2.16.